The Balaban J connectivity index is 0.000000807. The van der Waals surface area contributed by atoms with Gasteiger partial charge in [-0.1, -0.05) is 19.9 Å². The van der Waals surface area contributed by atoms with Gasteiger partial charge < -0.3 is 11.1 Å². The average molecular weight is 430 g/mol. The number of alkyl halides is 1. The smallest absolute Gasteiger partial charge is 0.252 e. The molecule has 1 aromatic carbocycles. The van der Waals surface area contributed by atoms with E-state index in [9.17, 15) is 18.0 Å². The number of nitrogens with two attached hydrogens (primary N) is 1. The molecule has 0 radical (unpaired) electrons. The minimum Gasteiger partial charge on any atom is -0.377 e. The molecule has 0 bridgehead atoms. The number of anilines is 1. The summed E-state index contributed by atoms with van der Waals surface area (Å²) in [6.45, 7) is 4.00. The van der Waals surface area contributed by atoms with Crippen molar-refractivity contribution in [3.05, 3.63) is 53.9 Å². The van der Waals surface area contributed by atoms with Crippen LogP contribution in [0.5, 0.6) is 0 Å². The Morgan fingerprint density at radius 2 is 1.87 bits per heavy atom. The van der Waals surface area contributed by atoms with Gasteiger partial charge in [-0.3, -0.25) is 4.79 Å². The summed E-state index contributed by atoms with van der Waals surface area (Å²) in [6.07, 6.45) is 11.8. The summed E-state index contributed by atoms with van der Waals surface area (Å²) in [6, 6.07) is 4.83. The molecule has 4 rings (SSSR count). The molecule has 3 N–H and O–H groups in total. The first-order chi connectivity index (χ1) is 14.9. The lowest BCUT2D eigenvalue weighted by molar-refractivity contribution is 0.100. The average Bonchev–Trinajstić information content (AvgIpc) is 3.39. The summed E-state index contributed by atoms with van der Waals surface area (Å²) < 4.78 is 42.3. The number of aromatic nitrogens is 2. The molecule has 0 spiro atoms. The molecule has 5 nitrogen and oxygen atoms in total. The molecule has 2 heterocycles. The number of halogens is 3. The predicted octanol–water partition coefficient (Wildman–Crippen LogP) is 4.96. The molecule has 8 heteroatoms. The van der Waals surface area contributed by atoms with E-state index < -0.39 is 29.8 Å². The third kappa shape index (κ3) is 5.00. The van der Waals surface area contributed by atoms with E-state index in [0.29, 0.717) is 35.2 Å². The second-order valence-corrected chi connectivity index (χ2v) is 6.68. The Labute approximate surface area is 179 Å². The maximum Gasteiger partial charge on any atom is 0.252 e. The third-order valence-electron chi connectivity index (χ3n) is 4.92. The van der Waals surface area contributed by atoms with Crippen molar-refractivity contribution in [2.24, 2.45) is 5.73 Å². The molecule has 3 aromatic rings. The van der Waals surface area contributed by atoms with E-state index in [1.165, 1.54) is 16.8 Å². The number of benzene rings is 1. The summed E-state index contributed by atoms with van der Waals surface area (Å²) in [5.41, 5.74) is 7.53. The molecule has 0 unspecified atom stereocenters. The predicted molar refractivity (Wildman–Crippen MR) is 116 cm³/mol. The van der Waals surface area contributed by atoms with Gasteiger partial charge in [0.15, 0.2) is 11.6 Å². The Morgan fingerprint density at radius 3 is 2.45 bits per heavy atom. The summed E-state index contributed by atoms with van der Waals surface area (Å²) >= 11 is 0. The van der Waals surface area contributed by atoms with Gasteiger partial charge in [-0.15, -0.1) is 12.8 Å². The highest BCUT2D eigenvalue weighted by Crippen LogP contribution is 2.32. The molecule has 1 fully saturated rings. The van der Waals surface area contributed by atoms with Gasteiger partial charge in [0.2, 0.25) is 0 Å². The van der Waals surface area contributed by atoms with Crippen molar-refractivity contribution in [3.8, 4) is 24.0 Å². The van der Waals surface area contributed by atoms with Crippen molar-refractivity contribution in [2.45, 2.75) is 45.3 Å². The number of primary amides is 1. The molecule has 1 saturated carbocycles. The normalized spacial score (nSPS) is 17.3. The first-order valence-electron chi connectivity index (χ1n) is 9.94. The Kier molecular flexibility index (Phi) is 8.08. The molecule has 2 atom stereocenters. The standard InChI is InChI=1S/C19H17F3N4O.C2H6.C2H2/c20-13-5-4-10(6-15(13)22)11-7-17-18(25-16-3-1-2-14(16)21)12(19(23)27)8-24-26(17)9-11;2*1-2/h4-9,14,16,25H,1-3H2,(H2,23,27);1-2H3;1-2H/t14-,16+;;/m0../s1. The fourth-order valence-electron chi connectivity index (χ4n) is 3.49. The molecule has 2 aromatic heterocycles. The van der Waals surface area contributed by atoms with Gasteiger partial charge in [0.1, 0.15) is 6.17 Å². The van der Waals surface area contributed by atoms with Gasteiger partial charge >= 0.3 is 0 Å². The number of nitrogens with zero attached hydrogens (tertiary/aromatic N) is 2. The lowest BCUT2D eigenvalue weighted by atomic mass is 10.1. The van der Waals surface area contributed by atoms with Gasteiger partial charge in [-0.2, -0.15) is 5.10 Å². The molecule has 0 saturated heterocycles. The highest BCUT2D eigenvalue weighted by molar-refractivity contribution is 6.02. The zero-order valence-corrected chi connectivity index (χ0v) is 17.4. The Hall–Kier alpha value is -3.47. The van der Waals surface area contributed by atoms with Crippen molar-refractivity contribution in [1.82, 2.24) is 9.61 Å². The fraction of sp³-hybridized carbons (Fsp3) is 0.304. The van der Waals surface area contributed by atoms with Gasteiger partial charge in [-0.05, 0) is 43.0 Å². The van der Waals surface area contributed by atoms with Crippen LogP contribution in [-0.4, -0.2) is 27.7 Å². The summed E-state index contributed by atoms with van der Waals surface area (Å²) in [7, 11) is 0. The lowest BCUT2D eigenvalue weighted by Crippen LogP contribution is -2.27. The zero-order chi connectivity index (χ0) is 23.1. The van der Waals surface area contributed by atoms with Crippen molar-refractivity contribution >= 4 is 17.1 Å². The lowest BCUT2D eigenvalue weighted by Gasteiger charge is -2.19. The number of rotatable bonds is 4. The van der Waals surface area contributed by atoms with E-state index in [1.54, 1.807) is 12.3 Å². The molecule has 164 valence electrons. The zero-order valence-electron chi connectivity index (χ0n) is 17.4. The van der Waals surface area contributed by atoms with Gasteiger partial charge in [-0.25, -0.2) is 17.7 Å². The highest BCUT2D eigenvalue weighted by Gasteiger charge is 2.29. The van der Waals surface area contributed by atoms with Crippen LogP contribution in [0.4, 0.5) is 18.9 Å². The minimum atomic E-state index is -1.01. The van der Waals surface area contributed by atoms with Crippen molar-refractivity contribution < 1.29 is 18.0 Å². The topological polar surface area (TPSA) is 72.4 Å². The highest BCUT2D eigenvalue weighted by atomic mass is 19.2. The first kappa shape index (κ1) is 23.8. The summed E-state index contributed by atoms with van der Waals surface area (Å²) in [5, 5.41) is 7.26. The number of carbonyl (C=O) groups excluding carboxylic acids is 1. The third-order valence-corrected chi connectivity index (χ3v) is 4.92. The Morgan fingerprint density at radius 1 is 1.16 bits per heavy atom. The SMILES string of the molecule is C#C.CC.NC(=O)c1cnn2cc(-c3ccc(F)c(F)c3)cc2c1N[C@@H]1CCC[C@@H]1F. The fourth-order valence-corrected chi connectivity index (χ4v) is 3.49. The Bertz CT molecular complexity index is 1080. The van der Waals surface area contributed by atoms with Crippen LogP contribution in [0.2, 0.25) is 0 Å². The monoisotopic (exact) mass is 430 g/mol. The maximum atomic E-state index is 14.1. The van der Waals surface area contributed by atoms with E-state index in [-0.39, 0.29) is 5.56 Å². The van der Waals surface area contributed by atoms with Crippen LogP contribution in [0, 0.1) is 24.5 Å². The molecule has 1 aliphatic carbocycles. The molecular formula is C23H25F3N4O. The molecule has 1 aliphatic rings. The van der Waals surface area contributed by atoms with Gasteiger partial charge in [0.25, 0.3) is 5.91 Å². The van der Waals surface area contributed by atoms with Crippen LogP contribution in [0.3, 0.4) is 0 Å². The second-order valence-electron chi connectivity index (χ2n) is 6.68. The van der Waals surface area contributed by atoms with E-state index in [0.717, 1.165) is 18.6 Å². The number of amides is 1. The first-order valence-corrected chi connectivity index (χ1v) is 9.94. The van der Waals surface area contributed by atoms with E-state index in [4.69, 9.17) is 5.73 Å². The van der Waals surface area contributed by atoms with Crippen LogP contribution in [-0.2, 0) is 0 Å². The molecular weight excluding hydrogens is 405 g/mol. The number of nitrogens with one attached hydrogen (secondary N) is 1. The van der Waals surface area contributed by atoms with Crippen LogP contribution >= 0.6 is 0 Å². The molecule has 0 aliphatic heterocycles. The summed E-state index contributed by atoms with van der Waals surface area (Å²) in [5.74, 6) is -2.58. The molecule has 31 heavy (non-hydrogen) atoms. The van der Waals surface area contributed by atoms with Crippen LogP contribution in [0.15, 0.2) is 36.7 Å². The van der Waals surface area contributed by atoms with E-state index in [1.807, 2.05) is 13.8 Å². The number of hydrogen-bond acceptors (Lipinski definition) is 3. The number of terminal acetylenes is 1. The van der Waals surface area contributed by atoms with Crippen LogP contribution < -0.4 is 11.1 Å². The number of carbonyl (C=O) groups is 1. The van der Waals surface area contributed by atoms with Crippen molar-refractivity contribution in [1.29, 1.82) is 0 Å². The van der Waals surface area contributed by atoms with Crippen LogP contribution in [0.25, 0.3) is 16.6 Å². The largest absolute Gasteiger partial charge is 0.377 e. The quantitative estimate of drug-likeness (QED) is 0.575. The molecule has 1 amide bonds. The van der Waals surface area contributed by atoms with Crippen molar-refractivity contribution in [3.63, 3.8) is 0 Å². The van der Waals surface area contributed by atoms with E-state index >= 15 is 0 Å². The minimum absolute atomic E-state index is 0.150. The van der Waals surface area contributed by atoms with E-state index in [2.05, 4.69) is 23.3 Å². The van der Waals surface area contributed by atoms with Crippen LogP contribution in [0.1, 0.15) is 43.5 Å². The number of fused-ring (bicyclic) bond motifs is 1. The second kappa shape index (κ2) is 10.5. The van der Waals surface area contributed by atoms with Gasteiger partial charge in [0, 0.05) is 11.8 Å². The van der Waals surface area contributed by atoms with Gasteiger partial charge in [0.05, 0.1) is 29.0 Å². The summed E-state index contributed by atoms with van der Waals surface area (Å²) in [4.78, 5) is 11.8. The van der Waals surface area contributed by atoms with Crippen molar-refractivity contribution in [2.75, 3.05) is 5.32 Å². The number of hydrogen-bond donors (Lipinski definition) is 2. The maximum absolute atomic E-state index is 14.1.